The molecule has 2 aromatic rings. The third-order valence-corrected chi connectivity index (χ3v) is 3.08. The minimum absolute atomic E-state index is 0.0987. The van der Waals surface area contributed by atoms with Crippen molar-refractivity contribution in [1.29, 1.82) is 0 Å². The van der Waals surface area contributed by atoms with E-state index in [4.69, 9.17) is 5.11 Å². The van der Waals surface area contributed by atoms with Crippen LogP contribution in [0.5, 0.6) is 0 Å². The van der Waals surface area contributed by atoms with Crippen molar-refractivity contribution < 1.29 is 9.90 Å². The zero-order valence-corrected chi connectivity index (χ0v) is 12.1. The molecule has 21 heavy (non-hydrogen) atoms. The van der Waals surface area contributed by atoms with E-state index >= 15 is 0 Å². The number of benzene rings is 1. The Kier molecular flexibility index (Phi) is 4.75. The maximum Gasteiger partial charge on any atom is 0.254 e. The van der Waals surface area contributed by atoms with Gasteiger partial charge in [-0.05, 0) is 24.6 Å². The Morgan fingerprint density at radius 1 is 1.48 bits per heavy atom. The first-order valence-corrected chi connectivity index (χ1v) is 6.56. The van der Waals surface area contributed by atoms with Crippen LogP contribution in [0, 0.1) is 18.8 Å². The average Bonchev–Trinajstić information content (AvgIpc) is 2.98. The fraction of sp³-hybridized carbons (Fsp3) is 0.250. The van der Waals surface area contributed by atoms with Crippen molar-refractivity contribution in [2.24, 2.45) is 0 Å². The normalized spacial score (nSPS) is 9.86. The standard InChI is InChI=1S/C16H17N3O2/c1-12-5-6-14(10-13(12)4-3-9-20)16(21)19(2)11-15-17-7-8-18-15/h5-8,10,20H,9,11H2,1-2H3,(H,17,18). The summed E-state index contributed by atoms with van der Waals surface area (Å²) in [5, 5.41) is 8.77. The second-order valence-corrected chi connectivity index (χ2v) is 4.69. The van der Waals surface area contributed by atoms with E-state index in [1.807, 2.05) is 13.0 Å². The van der Waals surface area contributed by atoms with Gasteiger partial charge in [-0.1, -0.05) is 17.9 Å². The minimum atomic E-state index is -0.198. The van der Waals surface area contributed by atoms with E-state index in [1.165, 1.54) is 0 Å². The number of hydrogen-bond acceptors (Lipinski definition) is 3. The Bertz CT molecular complexity index is 681. The zero-order chi connectivity index (χ0) is 15.2. The second kappa shape index (κ2) is 6.73. The molecule has 0 aliphatic carbocycles. The van der Waals surface area contributed by atoms with Gasteiger partial charge in [0.05, 0.1) is 6.54 Å². The molecule has 108 valence electrons. The minimum Gasteiger partial charge on any atom is -0.384 e. The van der Waals surface area contributed by atoms with Gasteiger partial charge in [-0.3, -0.25) is 4.79 Å². The summed E-state index contributed by atoms with van der Waals surface area (Å²) >= 11 is 0. The number of carbonyl (C=O) groups is 1. The third-order valence-electron chi connectivity index (χ3n) is 3.08. The van der Waals surface area contributed by atoms with Crippen molar-refractivity contribution in [3.05, 3.63) is 53.1 Å². The zero-order valence-electron chi connectivity index (χ0n) is 12.1. The van der Waals surface area contributed by atoms with Gasteiger partial charge in [-0.2, -0.15) is 0 Å². The monoisotopic (exact) mass is 283 g/mol. The SMILES string of the molecule is Cc1ccc(C(=O)N(C)Cc2ncc[nH]2)cc1C#CCO. The van der Waals surface area contributed by atoms with Gasteiger partial charge >= 0.3 is 0 Å². The van der Waals surface area contributed by atoms with Crippen molar-refractivity contribution in [3.8, 4) is 11.8 Å². The molecule has 0 aliphatic rings. The molecule has 0 bridgehead atoms. The van der Waals surface area contributed by atoms with Crippen LogP contribution in [-0.2, 0) is 6.54 Å². The van der Waals surface area contributed by atoms with Gasteiger partial charge in [0, 0.05) is 30.6 Å². The predicted molar refractivity (Wildman–Crippen MR) is 79.5 cm³/mol. The molecule has 0 fully saturated rings. The number of aromatic amines is 1. The van der Waals surface area contributed by atoms with Crippen molar-refractivity contribution >= 4 is 5.91 Å². The van der Waals surface area contributed by atoms with Gasteiger partial charge < -0.3 is 15.0 Å². The van der Waals surface area contributed by atoms with E-state index in [0.717, 1.165) is 17.0 Å². The number of imidazole rings is 1. The summed E-state index contributed by atoms with van der Waals surface area (Å²) in [4.78, 5) is 21.1. The number of carbonyl (C=O) groups excluding carboxylic acids is 1. The van der Waals surface area contributed by atoms with Crippen LogP contribution in [0.15, 0.2) is 30.6 Å². The summed E-state index contributed by atoms with van der Waals surface area (Å²) in [5.74, 6) is 6.09. The van der Waals surface area contributed by atoms with Crippen molar-refractivity contribution in [2.75, 3.05) is 13.7 Å². The van der Waals surface area contributed by atoms with Crippen LogP contribution in [0.2, 0.25) is 0 Å². The number of amides is 1. The molecular formula is C16H17N3O2. The fourth-order valence-corrected chi connectivity index (χ4v) is 1.93. The first kappa shape index (κ1) is 14.8. The number of nitrogens with one attached hydrogen (secondary N) is 1. The highest BCUT2D eigenvalue weighted by molar-refractivity contribution is 5.94. The van der Waals surface area contributed by atoms with E-state index in [1.54, 1.807) is 36.5 Å². The topological polar surface area (TPSA) is 69.2 Å². The van der Waals surface area contributed by atoms with Crippen LogP contribution in [0.25, 0.3) is 0 Å². The van der Waals surface area contributed by atoms with Gasteiger partial charge in [0.25, 0.3) is 5.91 Å². The summed E-state index contributed by atoms with van der Waals surface area (Å²) in [7, 11) is 1.73. The summed E-state index contributed by atoms with van der Waals surface area (Å²) in [5.41, 5.74) is 2.29. The third kappa shape index (κ3) is 3.71. The Labute approximate surface area is 123 Å². The number of aromatic nitrogens is 2. The van der Waals surface area contributed by atoms with Crippen LogP contribution in [0.1, 0.15) is 27.3 Å². The van der Waals surface area contributed by atoms with Gasteiger partial charge in [0.15, 0.2) is 0 Å². The lowest BCUT2D eigenvalue weighted by Crippen LogP contribution is -2.26. The molecule has 0 unspecified atom stereocenters. The van der Waals surface area contributed by atoms with Gasteiger partial charge in [0.1, 0.15) is 12.4 Å². The average molecular weight is 283 g/mol. The molecule has 2 N–H and O–H groups in total. The van der Waals surface area contributed by atoms with E-state index in [2.05, 4.69) is 21.8 Å². The number of hydrogen-bond donors (Lipinski definition) is 2. The Morgan fingerprint density at radius 3 is 2.95 bits per heavy atom. The van der Waals surface area contributed by atoms with E-state index in [9.17, 15) is 4.79 Å². The van der Waals surface area contributed by atoms with Crippen molar-refractivity contribution in [3.63, 3.8) is 0 Å². The number of nitrogens with zero attached hydrogens (tertiary/aromatic N) is 2. The van der Waals surface area contributed by atoms with Gasteiger partial charge in [0.2, 0.25) is 0 Å². The quantitative estimate of drug-likeness (QED) is 0.835. The molecule has 5 nitrogen and oxygen atoms in total. The number of aryl methyl sites for hydroxylation is 1. The molecule has 0 radical (unpaired) electrons. The Balaban J connectivity index is 2.18. The molecule has 0 saturated carbocycles. The highest BCUT2D eigenvalue weighted by atomic mass is 16.2. The maximum atomic E-state index is 12.4. The van der Waals surface area contributed by atoms with Crippen molar-refractivity contribution in [1.82, 2.24) is 14.9 Å². The van der Waals surface area contributed by atoms with E-state index in [0.29, 0.717) is 12.1 Å². The molecule has 1 amide bonds. The molecule has 1 heterocycles. The lowest BCUT2D eigenvalue weighted by atomic mass is 10.0. The first-order valence-electron chi connectivity index (χ1n) is 6.56. The fourth-order valence-electron chi connectivity index (χ4n) is 1.93. The highest BCUT2D eigenvalue weighted by Crippen LogP contribution is 2.12. The molecule has 1 aromatic carbocycles. The predicted octanol–water partition coefficient (Wildman–Crippen LogP) is 1.33. The van der Waals surface area contributed by atoms with E-state index < -0.39 is 0 Å². The van der Waals surface area contributed by atoms with Crippen LogP contribution in [0.4, 0.5) is 0 Å². The molecule has 0 aliphatic heterocycles. The molecule has 1 aromatic heterocycles. The van der Waals surface area contributed by atoms with Crippen LogP contribution in [0.3, 0.4) is 0 Å². The van der Waals surface area contributed by atoms with Crippen LogP contribution in [-0.4, -0.2) is 39.5 Å². The van der Waals surface area contributed by atoms with Crippen LogP contribution >= 0.6 is 0 Å². The maximum absolute atomic E-state index is 12.4. The summed E-state index contributed by atoms with van der Waals surface area (Å²) in [6, 6.07) is 5.38. The van der Waals surface area contributed by atoms with Gasteiger partial charge in [-0.15, -0.1) is 0 Å². The molecule has 0 spiro atoms. The Morgan fingerprint density at radius 2 is 2.29 bits per heavy atom. The molecule has 0 saturated heterocycles. The first-order chi connectivity index (χ1) is 10.1. The smallest absolute Gasteiger partial charge is 0.254 e. The number of rotatable bonds is 3. The van der Waals surface area contributed by atoms with Crippen molar-refractivity contribution in [2.45, 2.75) is 13.5 Å². The van der Waals surface area contributed by atoms with E-state index in [-0.39, 0.29) is 12.5 Å². The summed E-state index contributed by atoms with van der Waals surface area (Å²) in [6.45, 7) is 2.13. The number of H-pyrrole nitrogens is 1. The Hall–Kier alpha value is -2.58. The largest absolute Gasteiger partial charge is 0.384 e. The van der Waals surface area contributed by atoms with Crippen LogP contribution < -0.4 is 0 Å². The van der Waals surface area contributed by atoms with Gasteiger partial charge in [-0.25, -0.2) is 4.98 Å². The lowest BCUT2D eigenvalue weighted by Gasteiger charge is -2.16. The summed E-state index contributed by atoms with van der Waals surface area (Å²) < 4.78 is 0. The molecule has 5 heteroatoms. The number of aliphatic hydroxyl groups is 1. The second-order valence-electron chi connectivity index (χ2n) is 4.69. The molecule has 2 rings (SSSR count). The molecule has 0 atom stereocenters. The number of aliphatic hydroxyl groups excluding tert-OH is 1. The highest BCUT2D eigenvalue weighted by Gasteiger charge is 2.13. The lowest BCUT2D eigenvalue weighted by molar-refractivity contribution is 0.0782. The summed E-state index contributed by atoms with van der Waals surface area (Å²) in [6.07, 6.45) is 3.38. The molecular weight excluding hydrogens is 266 g/mol.